The molecule has 0 bridgehead atoms. The molecule has 2 aromatic carbocycles. The highest BCUT2D eigenvalue weighted by Gasteiger charge is 2.14. The van der Waals surface area contributed by atoms with E-state index >= 15 is 0 Å². The van der Waals surface area contributed by atoms with Gasteiger partial charge in [-0.2, -0.15) is 0 Å². The summed E-state index contributed by atoms with van der Waals surface area (Å²) >= 11 is 5.92. The number of hydrogen-bond donors (Lipinski definition) is 2. The molecule has 0 saturated heterocycles. The van der Waals surface area contributed by atoms with Crippen molar-refractivity contribution in [3.63, 3.8) is 0 Å². The summed E-state index contributed by atoms with van der Waals surface area (Å²) in [6.45, 7) is 0.0560. The Morgan fingerprint density at radius 3 is 2.45 bits per heavy atom. The zero-order valence-corrected chi connectivity index (χ0v) is 11.2. The lowest BCUT2D eigenvalue weighted by molar-refractivity contribution is 0.103. The van der Waals surface area contributed by atoms with Crippen LogP contribution in [0.3, 0.4) is 0 Å². The maximum atomic E-state index is 12.4. The number of hydrogen-bond acceptors (Lipinski definition) is 2. The highest BCUT2D eigenvalue weighted by Crippen LogP contribution is 2.19. The van der Waals surface area contributed by atoms with E-state index in [1.54, 1.807) is 42.5 Å². The van der Waals surface area contributed by atoms with Crippen molar-refractivity contribution in [2.45, 2.75) is 6.54 Å². The summed E-state index contributed by atoms with van der Waals surface area (Å²) < 4.78 is 0. The Balaban J connectivity index is 2.36. The van der Waals surface area contributed by atoms with Gasteiger partial charge in [-0.1, -0.05) is 48.0 Å². The van der Waals surface area contributed by atoms with Gasteiger partial charge in [0.1, 0.15) is 0 Å². The number of nitrogens with one attached hydrogen (secondary N) is 1. The first-order valence-electron chi connectivity index (χ1n) is 5.93. The van der Waals surface area contributed by atoms with E-state index in [1.165, 1.54) is 0 Å². The summed E-state index contributed by atoms with van der Waals surface area (Å²) in [7, 11) is 0. The third-order valence-electron chi connectivity index (χ3n) is 2.78. The average Bonchev–Trinajstić information content (AvgIpc) is 2.46. The normalized spacial score (nSPS) is 10.1. The van der Waals surface area contributed by atoms with E-state index < -0.39 is 6.09 Å². The molecule has 0 heterocycles. The van der Waals surface area contributed by atoms with Crippen LogP contribution in [0.15, 0.2) is 48.5 Å². The molecule has 0 fully saturated rings. The van der Waals surface area contributed by atoms with Gasteiger partial charge in [-0.3, -0.25) is 4.79 Å². The fourth-order valence-corrected chi connectivity index (χ4v) is 2.00. The van der Waals surface area contributed by atoms with Crippen LogP contribution < -0.4 is 5.32 Å². The van der Waals surface area contributed by atoms with E-state index in [0.29, 0.717) is 21.7 Å². The molecule has 5 heteroatoms. The van der Waals surface area contributed by atoms with Gasteiger partial charge in [0.2, 0.25) is 0 Å². The second kappa shape index (κ2) is 6.21. The smallest absolute Gasteiger partial charge is 0.404 e. The van der Waals surface area contributed by atoms with Crippen LogP contribution in [0.2, 0.25) is 5.02 Å². The van der Waals surface area contributed by atoms with Crippen molar-refractivity contribution in [1.82, 2.24) is 5.32 Å². The molecule has 102 valence electrons. The zero-order chi connectivity index (χ0) is 14.5. The average molecular weight is 290 g/mol. The number of benzene rings is 2. The van der Waals surface area contributed by atoms with Crippen molar-refractivity contribution < 1.29 is 14.7 Å². The minimum atomic E-state index is -1.14. The molecule has 0 aliphatic heterocycles. The Kier molecular flexibility index (Phi) is 4.38. The molecule has 0 aliphatic carbocycles. The van der Waals surface area contributed by atoms with Crippen molar-refractivity contribution in [3.8, 4) is 0 Å². The lowest BCUT2D eigenvalue weighted by Gasteiger charge is -2.09. The summed E-state index contributed by atoms with van der Waals surface area (Å²) in [4.78, 5) is 23.0. The number of amides is 1. The van der Waals surface area contributed by atoms with Gasteiger partial charge < -0.3 is 10.4 Å². The van der Waals surface area contributed by atoms with Crippen molar-refractivity contribution in [2.75, 3.05) is 0 Å². The van der Waals surface area contributed by atoms with Crippen molar-refractivity contribution in [1.29, 1.82) is 0 Å². The summed E-state index contributed by atoms with van der Waals surface area (Å²) in [5.74, 6) is -0.185. The van der Waals surface area contributed by atoms with E-state index in [-0.39, 0.29) is 12.3 Å². The molecule has 0 spiro atoms. The molecule has 20 heavy (non-hydrogen) atoms. The van der Waals surface area contributed by atoms with Crippen LogP contribution in [0, 0.1) is 0 Å². The first kappa shape index (κ1) is 14.1. The highest BCUT2D eigenvalue weighted by molar-refractivity contribution is 6.31. The number of ketones is 1. The molecule has 1 amide bonds. The van der Waals surface area contributed by atoms with Gasteiger partial charge in [-0.15, -0.1) is 0 Å². The van der Waals surface area contributed by atoms with Crippen LogP contribution in [0.4, 0.5) is 4.79 Å². The molecular weight excluding hydrogens is 278 g/mol. The maximum Gasteiger partial charge on any atom is 0.404 e. The summed E-state index contributed by atoms with van der Waals surface area (Å²) in [6, 6.07) is 13.6. The van der Waals surface area contributed by atoms with Gasteiger partial charge >= 0.3 is 6.09 Å². The predicted octanol–water partition coefficient (Wildman–Crippen LogP) is 3.34. The molecule has 0 saturated carbocycles. The van der Waals surface area contributed by atoms with E-state index in [4.69, 9.17) is 16.7 Å². The standard InChI is InChI=1S/C15H12ClNO3/c16-12-7-6-11(9-17-15(19)20)13(8-12)14(18)10-4-2-1-3-5-10/h1-8,17H,9H2,(H,19,20). The van der Waals surface area contributed by atoms with Crippen molar-refractivity contribution in [3.05, 3.63) is 70.2 Å². The molecular formula is C15H12ClNO3. The minimum Gasteiger partial charge on any atom is -0.465 e. The van der Waals surface area contributed by atoms with E-state index in [9.17, 15) is 9.59 Å². The topological polar surface area (TPSA) is 66.4 Å². The number of rotatable bonds is 4. The van der Waals surface area contributed by atoms with E-state index in [2.05, 4.69) is 5.32 Å². The largest absolute Gasteiger partial charge is 0.465 e. The lowest BCUT2D eigenvalue weighted by Crippen LogP contribution is -2.21. The predicted molar refractivity (Wildman–Crippen MR) is 76.2 cm³/mol. The first-order valence-corrected chi connectivity index (χ1v) is 6.30. The molecule has 0 radical (unpaired) electrons. The highest BCUT2D eigenvalue weighted by atomic mass is 35.5. The summed E-state index contributed by atoms with van der Waals surface area (Å²) in [6.07, 6.45) is -1.14. The second-order valence-electron chi connectivity index (χ2n) is 4.16. The SMILES string of the molecule is O=C(O)NCc1ccc(Cl)cc1C(=O)c1ccccc1. The fourth-order valence-electron chi connectivity index (χ4n) is 1.83. The van der Waals surface area contributed by atoms with Gasteiger partial charge in [-0.05, 0) is 17.7 Å². The Morgan fingerprint density at radius 2 is 1.80 bits per heavy atom. The van der Waals surface area contributed by atoms with Crippen LogP contribution in [0.25, 0.3) is 0 Å². The molecule has 2 N–H and O–H groups in total. The Bertz CT molecular complexity index is 641. The lowest BCUT2D eigenvalue weighted by atomic mass is 9.98. The molecule has 2 rings (SSSR count). The first-order chi connectivity index (χ1) is 9.58. The number of carbonyl (C=O) groups is 2. The van der Waals surface area contributed by atoms with Crippen LogP contribution in [-0.2, 0) is 6.54 Å². The molecule has 0 aromatic heterocycles. The third-order valence-corrected chi connectivity index (χ3v) is 3.02. The molecule has 4 nitrogen and oxygen atoms in total. The summed E-state index contributed by atoms with van der Waals surface area (Å²) in [5.41, 5.74) is 1.52. The van der Waals surface area contributed by atoms with Crippen LogP contribution in [-0.4, -0.2) is 17.0 Å². The Hall–Kier alpha value is -2.33. The quantitative estimate of drug-likeness (QED) is 0.848. The number of carbonyl (C=O) groups excluding carboxylic acids is 1. The second-order valence-corrected chi connectivity index (χ2v) is 4.59. The number of halogens is 1. The molecule has 0 unspecified atom stereocenters. The van der Waals surface area contributed by atoms with E-state index in [0.717, 1.165) is 0 Å². The molecule has 2 aromatic rings. The number of carboxylic acid groups (broad SMARTS) is 1. The van der Waals surface area contributed by atoms with Crippen molar-refractivity contribution >= 4 is 23.5 Å². The van der Waals surface area contributed by atoms with Crippen LogP contribution >= 0.6 is 11.6 Å². The summed E-state index contributed by atoms with van der Waals surface area (Å²) in [5, 5.41) is 11.3. The molecule has 0 atom stereocenters. The van der Waals surface area contributed by atoms with Crippen LogP contribution in [0.1, 0.15) is 21.5 Å². The maximum absolute atomic E-state index is 12.4. The third kappa shape index (κ3) is 3.36. The Morgan fingerprint density at radius 1 is 1.10 bits per heavy atom. The van der Waals surface area contributed by atoms with Gasteiger partial charge in [0.05, 0.1) is 0 Å². The van der Waals surface area contributed by atoms with Gasteiger partial charge in [0.15, 0.2) is 5.78 Å². The van der Waals surface area contributed by atoms with E-state index in [1.807, 2.05) is 6.07 Å². The van der Waals surface area contributed by atoms with Gasteiger partial charge in [0, 0.05) is 22.7 Å². The molecule has 0 aliphatic rings. The van der Waals surface area contributed by atoms with Gasteiger partial charge in [-0.25, -0.2) is 4.79 Å². The van der Waals surface area contributed by atoms with Crippen LogP contribution in [0.5, 0.6) is 0 Å². The minimum absolute atomic E-state index is 0.0560. The van der Waals surface area contributed by atoms with Crippen molar-refractivity contribution in [2.24, 2.45) is 0 Å². The zero-order valence-electron chi connectivity index (χ0n) is 10.5. The Labute approximate surface area is 121 Å². The monoisotopic (exact) mass is 289 g/mol. The fraction of sp³-hybridized carbons (Fsp3) is 0.0667. The van der Waals surface area contributed by atoms with Gasteiger partial charge in [0.25, 0.3) is 0 Å².